The standard InChI is InChI=1S/C17H28N2O4/c1-7-9-11-13(15(20)23-17(3,4)5)12(10-8-2)18-19-14(11)16(21)22-6/h13,19H,7-10H2,1-6H3. The van der Waals surface area contributed by atoms with Gasteiger partial charge in [0.1, 0.15) is 17.2 Å². The zero-order chi connectivity index (χ0) is 17.6. The molecule has 0 amide bonds. The number of rotatable bonds is 6. The average molecular weight is 324 g/mol. The van der Waals surface area contributed by atoms with Crippen molar-refractivity contribution in [2.24, 2.45) is 11.0 Å². The molecule has 1 atom stereocenters. The van der Waals surface area contributed by atoms with Crippen LogP contribution in [0.1, 0.15) is 60.3 Å². The largest absolute Gasteiger partial charge is 0.464 e. The summed E-state index contributed by atoms with van der Waals surface area (Å²) in [5.41, 5.74) is 3.84. The first-order chi connectivity index (χ1) is 10.7. The van der Waals surface area contributed by atoms with Gasteiger partial charge in [-0.3, -0.25) is 10.2 Å². The van der Waals surface area contributed by atoms with E-state index in [1.54, 1.807) is 0 Å². The first kappa shape index (κ1) is 19.2. The Labute approximate surface area is 138 Å². The van der Waals surface area contributed by atoms with Crippen LogP contribution in [0.2, 0.25) is 0 Å². The lowest BCUT2D eigenvalue weighted by atomic mass is 9.86. The Morgan fingerprint density at radius 1 is 1.17 bits per heavy atom. The van der Waals surface area contributed by atoms with Crippen molar-refractivity contribution in [3.05, 3.63) is 11.3 Å². The van der Waals surface area contributed by atoms with E-state index >= 15 is 0 Å². The molecule has 0 bridgehead atoms. The molecule has 130 valence electrons. The number of hydrogen-bond acceptors (Lipinski definition) is 6. The lowest BCUT2D eigenvalue weighted by Gasteiger charge is -2.30. The van der Waals surface area contributed by atoms with E-state index in [4.69, 9.17) is 9.47 Å². The van der Waals surface area contributed by atoms with Gasteiger partial charge in [0.15, 0.2) is 0 Å². The predicted octanol–water partition coefficient (Wildman–Crippen LogP) is 2.93. The third-order valence-electron chi connectivity index (χ3n) is 3.37. The number of methoxy groups -OCH3 is 1. The molecule has 0 aromatic carbocycles. The van der Waals surface area contributed by atoms with Crippen molar-refractivity contribution >= 4 is 17.7 Å². The molecule has 1 aliphatic heterocycles. The summed E-state index contributed by atoms with van der Waals surface area (Å²) in [6.45, 7) is 9.50. The fraction of sp³-hybridized carbons (Fsp3) is 0.706. The van der Waals surface area contributed by atoms with E-state index in [2.05, 4.69) is 10.5 Å². The summed E-state index contributed by atoms with van der Waals surface area (Å²) in [5.74, 6) is -1.50. The quantitative estimate of drug-likeness (QED) is 0.760. The number of nitrogens with one attached hydrogen (secondary N) is 1. The number of hydrazone groups is 1. The molecule has 1 N–H and O–H groups in total. The molecule has 1 aliphatic rings. The van der Waals surface area contributed by atoms with Crippen LogP contribution in [0.3, 0.4) is 0 Å². The monoisotopic (exact) mass is 324 g/mol. The minimum Gasteiger partial charge on any atom is -0.464 e. The fourth-order valence-electron chi connectivity index (χ4n) is 2.52. The lowest BCUT2D eigenvalue weighted by Crippen LogP contribution is -2.39. The summed E-state index contributed by atoms with van der Waals surface area (Å²) >= 11 is 0. The SMILES string of the molecule is CCCC1=NNC(C(=O)OC)=C(CCC)C1C(=O)OC(C)(C)C. The number of esters is 2. The van der Waals surface area contributed by atoms with E-state index < -0.39 is 17.5 Å². The van der Waals surface area contributed by atoms with Gasteiger partial charge in [-0.05, 0) is 39.2 Å². The van der Waals surface area contributed by atoms with Crippen LogP contribution in [0.25, 0.3) is 0 Å². The number of hydrogen-bond donors (Lipinski definition) is 1. The highest BCUT2D eigenvalue weighted by Crippen LogP contribution is 2.29. The summed E-state index contributed by atoms with van der Waals surface area (Å²) in [7, 11) is 1.31. The van der Waals surface area contributed by atoms with Gasteiger partial charge in [0, 0.05) is 0 Å². The zero-order valence-corrected chi connectivity index (χ0v) is 15.0. The maximum absolute atomic E-state index is 12.7. The van der Waals surface area contributed by atoms with E-state index in [1.807, 2.05) is 34.6 Å². The van der Waals surface area contributed by atoms with Gasteiger partial charge < -0.3 is 9.47 Å². The summed E-state index contributed by atoms with van der Waals surface area (Å²) in [6, 6.07) is 0. The van der Waals surface area contributed by atoms with Crippen LogP contribution in [0.4, 0.5) is 0 Å². The Morgan fingerprint density at radius 3 is 2.26 bits per heavy atom. The summed E-state index contributed by atoms with van der Waals surface area (Å²) in [4.78, 5) is 24.7. The number of nitrogens with zero attached hydrogens (tertiary/aromatic N) is 1. The van der Waals surface area contributed by atoms with Crippen molar-refractivity contribution in [3.8, 4) is 0 Å². The highest BCUT2D eigenvalue weighted by Gasteiger charge is 2.37. The molecule has 6 nitrogen and oxygen atoms in total. The van der Waals surface area contributed by atoms with Crippen molar-refractivity contribution in [2.75, 3.05) is 7.11 Å². The second kappa shape index (κ2) is 8.13. The van der Waals surface area contributed by atoms with Crippen molar-refractivity contribution in [3.63, 3.8) is 0 Å². The molecule has 0 spiro atoms. The highest BCUT2D eigenvalue weighted by atomic mass is 16.6. The second-order valence-electron chi connectivity index (χ2n) is 6.57. The van der Waals surface area contributed by atoms with Crippen LogP contribution >= 0.6 is 0 Å². The smallest absolute Gasteiger partial charge is 0.355 e. The van der Waals surface area contributed by atoms with E-state index in [1.165, 1.54) is 7.11 Å². The number of carbonyl (C=O) groups excluding carboxylic acids is 2. The Kier molecular flexibility index (Phi) is 6.79. The zero-order valence-electron chi connectivity index (χ0n) is 15.0. The topological polar surface area (TPSA) is 77.0 Å². The van der Waals surface area contributed by atoms with Gasteiger partial charge in [-0.25, -0.2) is 4.79 Å². The molecule has 0 aliphatic carbocycles. The second-order valence-corrected chi connectivity index (χ2v) is 6.57. The number of ether oxygens (including phenoxy) is 2. The highest BCUT2D eigenvalue weighted by molar-refractivity contribution is 6.07. The third-order valence-corrected chi connectivity index (χ3v) is 3.37. The number of carbonyl (C=O) groups is 2. The molecule has 0 saturated carbocycles. The van der Waals surface area contributed by atoms with E-state index in [0.717, 1.165) is 12.8 Å². The van der Waals surface area contributed by atoms with Crippen LogP contribution in [0, 0.1) is 5.92 Å². The third kappa shape index (κ3) is 5.08. The van der Waals surface area contributed by atoms with Crippen molar-refractivity contribution < 1.29 is 19.1 Å². The average Bonchev–Trinajstić information content (AvgIpc) is 2.45. The summed E-state index contributed by atoms with van der Waals surface area (Å²) < 4.78 is 10.4. The minimum atomic E-state index is -0.621. The van der Waals surface area contributed by atoms with Crippen molar-refractivity contribution in [1.29, 1.82) is 0 Å². The van der Waals surface area contributed by atoms with Crippen molar-refractivity contribution in [2.45, 2.75) is 65.9 Å². The van der Waals surface area contributed by atoms with E-state index in [-0.39, 0.29) is 11.7 Å². The molecule has 23 heavy (non-hydrogen) atoms. The summed E-state index contributed by atoms with van der Waals surface area (Å²) in [6.07, 6.45) is 2.92. The first-order valence-corrected chi connectivity index (χ1v) is 8.11. The van der Waals surface area contributed by atoms with Gasteiger partial charge in [-0.15, -0.1) is 0 Å². The Bertz CT molecular complexity index is 515. The van der Waals surface area contributed by atoms with E-state index in [0.29, 0.717) is 24.1 Å². The first-order valence-electron chi connectivity index (χ1n) is 8.11. The molecular formula is C17H28N2O4. The maximum Gasteiger partial charge on any atom is 0.355 e. The molecule has 0 saturated heterocycles. The molecule has 1 rings (SSSR count). The predicted molar refractivity (Wildman–Crippen MR) is 88.8 cm³/mol. The molecule has 0 radical (unpaired) electrons. The van der Waals surface area contributed by atoms with Gasteiger partial charge in [-0.1, -0.05) is 26.7 Å². The maximum atomic E-state index is 12.7. The molecule has 1 unspecified atom stereocenters. The molecule has 1 heterocycles. The van der Waals surface area contributed by atoms with Crippen LogP contribution in [-0.4, -0.2) is 30.4 Å². The molecular weight excluding hydrogens is 296 g/mol. The van der Waals surface area contributed by atoms with Crippen molar-refractivity contribution in [1.82, 2.24) is 5.43 Å². The van der Waals surface area contributed by atoms with E-state index in [9.17, 15) is 9.59 Å². The van der Waals surface area contributed by atoms with Gasteiger partial charge in [-0.2, -0.15) is 5.10 Å². The Morgan fingerprint density at radius 2 is 1.78 bits per heavy atom. The van der Waals surface area contributed by atoms with Gasteiger partial charge in [0.25, 0.3) is 0 Å². The van der Waals surface area contributed by atoms with Gasteiger partial charge >= 0.3 is 11.9 Å². The molecule has 0 aromatic rings. The lowest BCUT2D eigenvalue weighted by molar-refractivity contribution is -0.156. The summed E-state index contributed by atoms with van der Waals surface area (Å²) in [5, 5.41) is 4.24. The van der Waals surface area contributed by atoms with Gasteiger partial charge in [0.2, 0.25) is 0 Å². The minimum absolute atomic E-state index is 0.255. The molecule has 6 heteroatoms. The van der Waals surface area contributed by atoms with Crippen LogP contribution in [0.5, 0.6) is 0 Å². The molecule has 0 aromatic heterocycles. The molecule has 0 fully saturated rings. The van der Waals surface area contributed by atoms with Crippen LogP contribution in [-0.2, 0) is 19.1 Å². The van der Waals surface area contributed by atoms with Crippen LogP contribution < -0.4 is 5.43 Å². The Balaban J connectivity index is 3.28. The van der Waals surface area contributed by atoms with Crippen LogP contribution in [0.15, 0.2) is 16.4 Å². The fourth-order valence-corrected chi connectivity index (χ4v) is 2.52. The Hall–Kier alpha value is -1.85. The normalized spacial score (nSPS) is 18.2. The van der Waals surface area contributed by atoms with Gasteiger partial charge in [0.05, 0.1) is 12.8 Å².